The molecule has 0 aromatic heterocycles. The quantitative estimate of drug-likeness (QED) is 0.880. The minimum atomic E-state index is -0.197. The summed E-state index contributed by atoms with van der Waals surface area (Å²) in [5.74, 6) is 1.82. The molecule has 1 aliphatic rings. The summed E-state index contributed by atoms with van der Waals surface area (Å²) in [6, 6.07) is 8.30. The van der Waals surface area contributed by atoms with Crippen LogP contribution in [0.2, 0.25) is 0 Å². The summed E-state index contributed by atoms with van der Waals surface area (Å²) >= 11 is 0. The standard InChI is InChI=1S/C17H27NO/c1-4-14-9-11-17(18,12-10-14)15-7-5-6-8-16(15)19-13(2)3/h5-8,13-14H,4,9-12,18H2,1-3H3. The fourth-order valence-corrected chi connectivity index (χ4v) is 3.10. The molecule has 0 amide bonds. The molecule has 0 bridgehead atoms. The third-order valence-corrected chi connectivity index (χ3v) is 4.36. The zero-order chi connectivity index (χ0) is 13.9. The highest BCUT2D eigenvalue weighted by atomic mass is 16.5. The molecular weight excluding hydrogens is 234 g/mol. The minimum absolute atomic E-state index is 0.191. The van der Waals surface area contributed by atoms with Gasteiger partial charge in [-0.1, -0.05) is 31.5 Å². The van der Waals surface area contributed by atoms with Crippen molar-refractivity contribution >= 4 is 0 Å². The van der Waals surface area contributed by atoms with E-state index < -0.39 is 0 Å². The highest BCUT2D eigenvalue weighted by Crippen LogP contribution is 2.42. The number of benzene rings is 1. The number of ether oxygens (including phenoxy) is 1. The van der Waals surface area contributed by atoms with Crippen LogP contribution in [-0.2, 0) is 5.54 Å². The van der Waals surface area contributed by atoms with Crippen molar-refractivity contribution in [3.63, 3.8) is 0 Å². The van der Waals surface area contributed by atoms with Crippen molar-refractivity contribution in [2.75, 3.05) is 0 Å². The molecule has 2 N–H and O–H groups in total. The Bertz CT molecular complexity index is 405. The summed E-state index contributed by atoms with van der Waals surface area (Å²) in [7, 11) is 0. The molecule has 0 atom stereocenters. The summed E-state index contributed by atoms with van der Waals surface area (Å²) in [6.07, 6.45) is 6.09. The predicted molar refractivity (Wildman–Crippen MR) is 80.3 cm³/mol. The Kier molecular flexibility index (Phi) is 4.51. The van der Waals surface area contributed by atoms with Gasteiger partial charge in [0.2, 0.25) is 0 Å². The van der Waals surface area contributed by atoms with Crippen LogP contribution in [0.1, 0.15) is 58.4 Å². The Labute approximate surface area is 117 Å². The van der Waals surface area contributed by atoms with E-state index in [9.17, 15) is 0 Å². The van der Waals surface area contributed by atoms with Gasteiger partial charge in [0, 0.05) is 11.1 Å². The molecule has 2 nitrogen and oxygen atoms in total. The second-order valence-electron chi connectivity index (χ2n) is 6.17. The zero-order valence-electron chi connectivity index (χ0n) is 12.5. The minimum Gasteiger partial charge on any atom is -0.491 e. The lowest BCUT2D eigenvalue weighted by atomic mass is 9.72. The van der Waals surface area contributed by atoms with Crippen molar-refractivity contribution in [3.05, 3.63) is 29.8 Å². The average molecular weight is 261 g/mol. The van der Waals surface area contributed by atoms with E-state index in [0.717, 1.165) is 24.5 Å². The molecule has 19 heavy (non-hydrogen) atoms. The Morgan fingerprint density at radius 1 is 1.26 bits per heavy atom. The first kappa shape index (κ1) is 14.4. The summed E-state index contributed by atoms with van der Waals surface area (Å²) in [6.45, 7) is 6.41. The monoisotopic (exact) mass is 261 g/mol. The second-order valence-corrected chi connectivity index (χ2v) is 6.17. The maximum atomic E-state index is 6.69. The van der Waals surface area contributed by atoms with Gasteiger partial charge in [-0.15, -0.1) is 0 Å². The predicted octanol–water partition coefficient (Wildman–Crippen LogP) is 4.23. The number of nitrogens with two attached hydrogens (primary N) is 1. The van der Waals surface area contributed by atoms with E-state index in [0.29, 0.717) is 0 Å². The van der Waals surface area contributed by atoms with Crippen LogP contribution in [0.5, 0.6) is 5.75 Å². The molecule has 1 aromatic rings. The number of hydrogen-bond donors (Lipinski definition) is 1. The van der Waals surface area contributed by atoms with E-state index in [1.54, 1.807) is 0 Å². The van der Waals surface area contributed by atoms with Gasteiger partial charge in [-0.05, 0) is 51.5 Å². The molecule has 0 heterocycles. The first-order valence-electron chi connectivity index (χ1n) is 7.60. The first-order chi connectivity index (χ1) is 9.05. The third-order valence-electron chi connectivity index (χ3n) is 4.36. The lowest BCUT2D eigenvalue weighted by Gasteiger charge is -2.38. The van der Waals surface area contributed by atoms with Crippen molar-refractivity contribution in [3.8, 4) is 5.75 Å². The molecule has 1 saturated carbocycles. The largest absolute Gasteiger partial charge is 0.491 e. The van der Waals surface area contributed by atoms with Crippen LogP contribution >= 0.6 is 0 Å². The molecule has 1 aromatic carbocycles. The van der Waals surface area contributed by atoms with Gasteiger partial charge < -0.3 is 10.5 Å². The van der Waals surface area contributed by atoms with Crippen molar-refractivity contribution in [1.82, 2.24) is 0 Å². The van der Waals surface area contributed by atoms with Crippen LogP contribution in [0.4, 0.5) is 0 Å². The summed E-state index contributed by atoms with van der Waals surface area (Å²) in [5.41, 5.74) is 7.69. The Balaban J connectivity index is 2.21. The van der Waals surface area contributed by atoms with Gasteiger partial charge in [0.25, 0.3) is 0 Å². The number of para-hydroxylation sites is 1. The molecule has 2 heteroatoms. The number of hydrogen-bond acceptors (Lipinski definition) is 2. The summed E-state index contributed by atoms with van der Waals surface area (Å²) < 4.78 is 5.94. The molecule has 106 valence electrons. The van der Waals surface area contributed by atoms with Gasteiger partial charge in [-0.2, -0.15) is 0 Å². The van der Waals surface area contributed by atoms with Crippen molar-refractivity contribution in [2.45, 2.75) is 64.5 Å². The highest BCUT2D eigenvalue weighted by Gasteiger charge is 2.34. The average Bonchev–Trinajstić information content (AvgIpc) is 2.39. The van der Waals surface area contributed by atoms with E-state index in [1.165, 1.54) is 24.8 Å². The van der Waals surface area contributed by atoms with E-state index >= 15 is 0 Å². The first-order valence-corrected chi connectivity index (χ1v) is 7.60. The maximum absolute atomic E-state index is 6.69. The van der Waals surface area contributed by atoms with Crippen molar-refractivity contribution in [1.29, 1.82) is 0 Å². The fraction of sp³-hybridized carbons (Fsp3) is 0.647. The number of rotatable bonds is 4. The van der Waals surface area contributed by atoms with Gasteiger partial charge in [0.15, 0.2) is 0 Å². The lowest BCUT2D eigenvalue weighted by molar-refractivity contribution is 0.206. The highest BCUT2D eigenvalue weighted by molar-refractivity contribution is 5.39. The Hall–Kier alpha value is -1.02. The smallest absolute Gasteiger partial charge is 0.124 e. The molecule has 0 saturated heterocycles. The van der Waals surface area contributed by atoms with Gasteiger partial charge in [0.1, 0.15) is 5.75 Å². The van der Waals surface area contributed by atoms with Crippen LogP contribution in [0.15, 0.2) is 24.3 Å². The van der Waals surface area contributed by atoms with Gasteiger partial charge in [0.05, 0.1) is 6.10 Å². The maximum Gasteiger partial charge on any atom is 0.124 e. The molecule has 0 spiro atoms. The Morgan fingerprint density at radius 3 is 2.47 bits per heavy atom. The van der Waals surface area contributed by atoms with Crippen LogP contribution in [0.25, 0.3) is 0 Å². The van der Waals surface area contributed by atoms with Crippen molar-refractivity contribution < 1.29 is 4.74 Å². The van der Waals surface area contributed by atoms with Crippen LogP contribution < -0.4 is 10.5 Å². The van der Waals surface area contributed by atoms with Gasteiger partial charge in [-0.25, -0.2) is 0 Å². The molecule has 0 radical (unpaired) electrons. The zero-order valence-corrected chi connectivity index (χ0v) is 12.5. The lowest BCUT2D eigenvalue weighted by Crippen LogP contribution is -2.40. The molecule has 1 aliphatic carbocycles. The van der Waals surface area contributed by atoms with Gasteiger partial charge in [-0.3, -0.25) is 0 Å². The SMILES string of the molecule is CCC1CCC(N)(c2ccccc2OC(C)C)CC1. The third kappa shape index (κ3) is 3.30. The van der Waals surface area contributed by atoms with E-state index in [2.05, 4.69) is 39.0 Å². The van der Waals surface area contributed by atoms with Crippen LogP contribution in [0, 0.1) is 5.92 Å². The van der Waals surface area contributed by atoms with Crippen LogP contribution in [-0.4, -0.2) is 6.10 Å². The van der Waals surface area contributed by atoms with Crippen LogP contribution in [0.3, 0.4) is 0 Å². The molecule has 1 fully saturated rings. The van der Waals surface area contributed by atoms with Gasteiger partial charge >= 0.3 is 0 Å². The Morgan fingerprint density at radius 2 is 1.89 bits per heavy atom. The molecule has 0 aliphatic heterocycles. The fourth-order valence-electron chi connectivity index (χ4n) is 3.10. The summed E-state index contributed by atoms with van der Waals surface area (Å²) in [5, 5.41) is 0. The molecule has 2 rings (SSSR count). The van der Waals surface area contributed by atoms with E-state index in [4.69, 9.17) is 10.5 Å². The molecular formula is C17H27NO. The second kappa shape index (κ2) is 5.96. The van der Waals surface area contributed by atoms with E-state index in [-0.39, 0.29) is 11.6 Å². The van der Waals surface area contributed by atoms with E-state index in [1.807, 2.05) is 6.07 Å². The molecule has 0 unspecified atom stereocenters. The van der Waals surface area contributed by atoms with Crippen molar-refractivity contribution in [2.24, 2.45) is 11.7 Å². The topological polar surface area (TPSA) is 35.2 Å². The normalized spacial score (nSPS) is 27.5. The summed E-state index contributed by atoms with van der Waals surface area (Å²) in [4.78, 5) is 0.